The average Bonchev–Trinajstić information content (AvgIpc) is 3.72. The third-order valence-corrected chi connectivity index (χ3v) is 7.92. The molecule has 2 heteroatoms. The Balaban J connectivity index is 1.63. The summed E-state index contributed by atoms with van der Waals surface area (Å²) in [4.78, 5) is 0. The standard InChI is InChI=1S/C40H24O2/c1-3-13-25(14-4-1)35-27-17-7-9-19-29(27)36(30-20-10-8-18-28(30)35)38-32-23-24-34-37(31-21-11-12-22-33(31)41-34)40(32)42-39(38)26-15-5-2-6-16-26/h1-24H/i7D,8D,9D,10D,17D,18D,19D,20D. The van der Waals surface area contributed by atoms with Crippen LogP contribution in [0.15, 0.2) is 154 Å². The molecule has 0 bridgehead atoms. The third-order valence-electron chi connectivity index (χ3n) is 7.92. The fraction of sp³-hybridized carbons (Fsp3) is 0. The molecule has 0 aliphatic rings. The van der Waals surface area contributed by atoms with Crippen molar-refractivity contribution in [1.29, 1.82) is 0 Å². The highest BCUT2D eigenvalue weighted by atomic mass is 16.3. The molecule has 0 unspecified atom stereocenters. The molecule has 7 aromatic carbocycles. The van der Waals surface area contributed by atoms with Crippen molar-refractivity contribution in [3.05, 3.63) is 145 Å². The Kier molecular flexibility index (Phi) is 3.54. The van der Waals surface area contributed by atoms with Crippen molar-refractivity contribution in [3.63, 3.8) is 0 Å². The van der Waals surface area contributed by atoms with Gasteiger partial charge in [0.2, 0.25) is 0 Å². The third kappa shape index (κ3) is 3.27. The number of fused-ring (bicyclic) bond motifs is 7. The van der Waals surface area contributed by atoms with E-state index in [2.05, 4.69) is 0 Å². The van der Waals surface area contributed by atoms with Crippen molar-refractivity contribution in [2.24, 2.45) is 0 Å². The van der Waals surface area contributed by atoms with Crippen LogP contribution >= 0.6 is 0 Å². The van der Waals surface area contributed by atoms with E-state index in [1.807, 2.05) is 72.8 Å². The normalized spacial score (nSPS) is 14.5. The van der Waals surface area contributed by atoms with Gasteiger partial charge in [0.1, 0.15) is 22.5 Å². The molecule has 2 aromatic heterocycles. The molecule has 2 heterocycles. The van der Waals surface area contributed by atoms with Gasteiger partial charge in [-0.1, -0.05) is 127 Å². The van der Waals surface area contributed by atoms with Gasteiger partial charge in [-0.3, -0.25) is 0 Å². The molecule has 0 saturated heterocycles. The summed E-state index contributed by atoms with van der Waals surface area (Å²) in [6.07, 6.45) is 0. The van der Waals surface area contributed by atoms with Crippen molar-refractivity contribution in [1.82, 2.24) is 0 Å². The van der Waals surface area contributed by atoms with Crippen LogP contribution in [0.2, 0.25) is 0 Å². The van der Waals surface area contributed by atoms with Gasteiger partial charge in [0.25, 0.3) is 0 Å². The first-order valence-electron chi connectivity index (χ1n) is 17.6. The second-order valence-corrected chi connectivity index (χ2v) is 10.2. The number of furan rings is 2. The molecule has 0 radical (unpaired) electrons. The minimum Gasteiger partial charge on any atom is -0.456 e. The molecule has 0 saturated carbocycles. The van der Waals surface area contributed by atoms with Gasteiger partial charge in [-0.25, -0.2) is 0 Å². The van der Waals surface area contributed by atoms with Crippen LogP contribution < -0.4 is 0 Å². The van der Waals surface area contributed by atoms with Gasteiger partial charge in [0.15, 0.2) is 0 Å². The monoisotopic (exact) mass is 544 g/mol. The topological polar surface area (TPSA) is 26.3 Å². The Morgan fingerprint density at radius 1 is 0.405 bits per heavy atom. The molecule has 0 amide bonds. The Morgan fingerprint density at radius 3 is 1.64 bits per heavy atom. The van der Waals surface area contributed by atoms with Crippen molar-refractivity contribution in [3.8, 4) is 33.6 Å². The molecule has 0 fully saturated rings. The Bertz CT molecular complexity index is 2810. The molecule has 0 atom stereocenters. The van der Waals surface area contributed by atoms with Crippen molar-refractivity contribution in [2.75, 3.05) is 0 Å². The Morgan fingerprint density at radius 2 is 0.976 bits per heavy atom. The molecular formula is C40H24O2. The quantitative estimate of drug-likeness (QED) is 0.207. The van der Waals surface area contributed by atoms with E-state index in [-0.39, 0.29) is 51.3 Å². The second kappa shape index (κ2) is 8.95. The van der Waals surface area contributed by atoms with Crippen LogP contribution in [0.25, 0.3) is 88.0 Å². The summed E-state index contributed by atoms with van der Waals surface area (Å²) in [6.45, 7) is 0. The van der Waals surface area contributed by atoms with Gasteiger partial charge in [0.05, 0.1) is 16.4 Å². The number of hydrogen-bond donors (Lipinski definition) is 0. The van der Waals surface area contributed by atoms with E-state index in [0.29, 0.717) is 50.1 Å². The van der Waals surface area contributed by atoms with E-state index in [1.54, 1.807) is 24.3 Å². The number of rotatable bonds is 3. The first-order valence-corrected chi connectivity index (χ1v) is 13.6. The molecule has 0 aliphatic carbocycles. The molecule has 0 spiro atoms. The summed E-state index contributed by atoms with van der Waals surface area (Å²) in [7, 11) is 0. The lowest BCUT2D eigenvalue weighted by molar-refractivity contribution is 0.634. The summed E-state index contributed by atoms with van der Waals surface area (Å²) in [6, 6.07) is 26.5. The van der Waals surface area contributed by atoms with Gasteiger partial charge in [-0.15, -0.1) is 0 Å². The van der Waals surface area contributed by atoms with Crippen molar-refractivity contribution in [2.45, 2.75) is 0 Å². The van der Waals surface area contributed by atoms with E-state index < -0.39 is 24.2 Å². The van der Waals surface area contributed by atoms with E-state index in [1.165, 1.54) is 0 Å². The maximum Gasteiger partial charge on any atom is 0.147 e. The first-order chi connectivity index (χ1) is 24.2. The lowest BCUT2D eigenvalue weighted by atomic mass is 9.84. The highest BCUT2D eigenvalue weighted by molar-refractivity contribution is 6.27. The van der Waals surface area contributed by atoms with Crippen LogP contribution in [0.1, 0.15) is 11.0 Å². The fourth-order valence-corrected chi connectivity index (χ4v) is 6.17. The summed E-state index contributed by atoms with van der Waals surface area (Å²) < 4.78 is 85.5. The van der Waals surface area contributed by atoms with E-state index >= 15 is 0 Å². The molecule has 2 nitrogen and oxygen atoms in total. The lowest BCUT2D eigenvalue weighted by Crippen LogP contribution is -1.91. The highest BCUT2D eigenvalue weighted by Crippen LogP contribution is 2.51. The zero-order valence-corrected chi connectivity index (χ0v) is 22.1. The summed E-state index contributed by atoms with van der Waals surface area (Å²) in [5.74, 6) is 0.383. The SMILES string of the molecule is [2H]c1c([2H])c([2H])c2c(-c3c(-c4ccccc4)oc4c3ccc3oc5ccccc5c34)c3c([2H])c([2H])c([2H])c([2H])c3c(-c3ccccc3)c2c1[2H]. The second-order valence-electron chi connectivity index (χ2n) is 10.2. The average molecular weight is 545 g/mol. The van der Waals surface area contributed by atoms with Crippen LogP contribution in [-0.4, -0.2) is 0 Å². The zero-order valence-electron chi connectivity index (χ0n) is 30.1. The van der Waals surface area contributed by atoms with E-state index in [0.717, 1.165) is 10.8 Å². The van der Waals surface area contributed by atoms with Crippen LogP contribution in [0.5, 0.6) is 0 Å². The molecule has 0 aliphatic heterocycles. The fourth-order valence-electron chi connectivity index (χ4n) is 6.17. The lowest BCUT2D eigenvalue weighted by Gasteiger charge is -2.18. The predicted octanol–water partition coefficient (Wildman–Crippen LogP) is 11.6. The van der Waals surface area contributed by atoms with Gasteiger partial charge in [0, 0.05) is 27.5 Å². The Labute approximate surface area is 253 Å². The molecular weight excluding hydrogens is 512 g/mol. The minimum absolute atomic E-state index is 0.129. The minimum atomic E-state index is -0.458. The van der Waals surface area contributed by atoms with Gasteiger partial charge in [-0.05, 0) is 50.9 Å². The molecule has 9 aromatic rings. The maximum atomic E-state index is 9.39. The summed E-state index contributed by atoms with van der Waals surface area (Å²) >= 11 is 0. The molecule has 42 heavy (non-hydrogen) atoms. The first kappa shape index (κ1) is 16.6. The highest BCUT2D eigenvalue weighted by Gasteiger charge is 2.26. The smallest absolute Gasteiger partial charge is 0.147 e. The number of benzene rings is 7. The predicted molar refractivity (Wildman–Crippen MR) is 175 cm³/mol. The number of para-hydroxylation sites is 1. The largest absolute Gasteiger partial charge is 0.456 e. The molecule has 196 valence electrons. The maximum absolute atomic E-state index is 9.39. The van der Waals surface area contributed by atoms with E-state index in [4.69, 9.17) is 14.3 Å². The number of hydrogen-bond acceptors (Lipinski definition) is 2. The van der Waals surface area contributed by atoms with Crippen LogP contribution in [0, 0.1) is 0 Å². The van der Waals surface area contributed by atoms with Crippen LogP contribution in [0.4, 0.5) is 0 Å². The Hall–Kier alpha value is -5.60. The van der Waals surface area contributed by atoms with Gasteiger partial charge in [-0.2, -0.15) is 0 Å². The van der Waals surface area contributed by atoms with Crippen LogP contribution in [0.3, 0.4) is 0 Å². The van der Waals surface area contributed by atoms with Crippen molar-refractivity contribution < 1.29 is 19.8 Å². The van der Waals surface area contributed by atoms with Crippen LogP contribution in [-0.2, 0) is 0 Å². The van der Waals surface area contributed by atoms with Crippen molar-refractivity contribution >= 4 is 54.5 Å². The van der Waals surface area contributed by atoms with Gasteiger partial charge >= 0.3 is 0 Å². The molecule has 9 rings (SSSR count). The summed E-state index contributed by atoms with van der Waals surface area (Å²) in [5.41, 5.74) is 3.96. The van der Waals surface area contributed by atoms with Gasteiger partial charge < -0.3 is 8.83 Å². The zero-order chi connectivity index (χ0) is 34.6. The summed E-state index contributed by atoms with van der Waals surface area (Å²) in [5, 5.41) is 2.70. The van der Waals surface area contributed by atoms with E-state index in [9.17, 15) is 5.48 Å². The molecule has 0 N–H and O–H groups in total.